The summed E-state index contributed by atoms with van der Waals surface area (Å²) in [5.41, 5.74) is 6.83. The van der Waals surface area contributed by atoms with Gasteiger partial charge in [0.25, 0.3) is 0 Å². The van der Waals surface area contributed by atoms with E-state index in [-0.39, 0.29) is 11.1 Å². The van der Waals surface area contributed by atoms with Gasteiger partial charge in [-0.3, -0.25) is 0 Å². The van der Waals surface area contributed by atoms with E-state index in [2.05, 4.69) is 6.58 Å². The topological polar surface area (TPSA) is 26.0 Å². The zero-order chi connectivity index (χ0) is 15.7. The van der Waals surface area contributed by atoms with Crippen LogP contribution in [0.1, 0.15) is 30.9 Å². The van der Waals surface area contributed by atoms with Gasteiger partial charge in [0.1, 0.15) is 0 Å². The zero-order valence-corrected chi connectivity index (χ0v) is 11.9. The summed E-state index contributed by atoms with van der Waals surface area (Å²) >= 11 is 0. The number of hydrogen-bond donors (Lipinski definition) is 1. The lowest BCUT2D eigenvalue weighted by Crippen LogP contribution is -2.18. The van der Waals surface area contributed by atoms with E-state index < -0.39 is 11.7 Å². The molecule has 2 rings (SSSR count). The number of hydrogen-bond acceptors (Lipinski definition) is 1. The minimum atomic E-state index is -4.36. The van der Waals surface area contributed by atoms with Crippen molar-refractivity contribution in [2.24, 2.45) is 5.73 Å². The number of alkyl halides is 3. The molecule has 1 nitrogen and oxygen atoms in total. The van der Waals surface area contributed by atoms with Crippen LogP contribution in [0.2, 0.25) is 0 Å². The molecule has 0 atom stereocenters. The van der Waals surface area contributed by atoms with Crippen molar-refractivity contribution in [1.82, 2.24) is 0 Å². The van der Waals surface area contributed by atoms with Crippen LogP contribution in [-0.4, -0.2) is 6.18 Å². The van der Waals surface area contributed by atoms with Crippen molar-refractivity contribution in [2.75, 3.05) is 0 Å². The van der Waals surface area contributed by atoms with Gasteiger partial charge in [-0.05, 0) is 36.5 Å². The van der Waals surface area contributed by atoms with Crippen molar-refractivity contribution >= 4 is 5.57 Å². The van der Waals surface area contributed by atoms with Crippen LogP contribution in [0.25, 0.3) is 5.57 Å². The molecule has 1 fully saturated rings. The Balaban J connectivity index is 2.42. The molecule has 1 aromatic carbocycles. The lowest BCUT2D eigenvalue weighted by molar-refractivity contribution is -0.0906. The van der Waals surface area contributed by atoms with Crippen LogP contribution < -0.4 is 5.73 Å². The number of halogens is 3. The minimum absolute atomic E-state index is 0.149. The Morgan fingerprint density at radius 3 is 2.24 bits per heavy atom. The van der Waals surface area contributed by atoms with Crippen LogP contribution >= 0.6 is 0 Å². The highest BCUT2D eigenvalue weighted by molar-refractivity contribution is 5.77. The standard InChI is InChI=1S/C17H18F3N/c1-3-4-5-15(12(2)17(18,19)20)13-6-8-14(9-7-13)16(21)10-11-16/h3-9H,1,10-11,21H2,2H3/b5-4-,15-12-. The summed E-state index contributed by atoms with van der Waals surface area (Å²) in [7, 11) is 0. The van der Waals surface area contributed by atoms with Crippen LogP contribution in [0.5, 0.6) is 0 Å². The summed E-state index contributed by atoms with van der Waals surface area (Å²) in [5, 5.41) is 0. The summed E-state index contributed by atoms with van der Waals surface area (Å²) in [6.07, 6.45) is 1.88. The molecule has 0 heterocycles. The summed E-state index contributed by atoms with van der Waals surface area (Å²) in [5.74, 6) is 0. The first kappa shape index (κ1) is 15.6. The highest BCUT2D eigenvalue weighted by Gasteiger charge is 2.39. The third-order valence-corrected chi connectivity index (χ3v) is 3.79. The van der Waals surface area contributed by atoms with Gasteiger partial charge in [-0.2, -0.15) is 13.2 Å². The van der Waals surface area contributed by atoms with E-state index in [9.17, 15) is 13.2 Å². The molecule has 0 aromatic heterocycles. The van der Waals surface area contributed by atoms with Crippen molar-refractivity contribution in [3.8, 4) is 0 Å². The Hall–Kier alpha value is -1.81. The van der Waals surface area contributed by atoms with E-state index >= 15 is 0 Å². The van der Waals surface area contributed by atoms with Crippen molar-refractivity contribution in [1.29, 1.82) is 0 Å². The van der Waals surface area contributed by atoms with Crippen LogP contribution in [0, 0.1) is 0 Å². The number of benzene rings is 1. The predicted molar refractivity (Wildman–Crippen MR) is 79.5 cm³/mol. The molecular weight excluding hydrogens is 275 g/mol. The molecule has 0 aliphatic heterocycles. The van der Waals surface area contributed by atoms with Crippen LogP contribution in [0.15, 0.2) is 54.6 Å². The molecule has 0 radical (unpaired) electrons. The Kier molecular flexibility index (Phi) is 4.10. The molecule has 4 heteroatoms. The summed E-state index contributed by atoms with van der Waals surface area (Å²) in [6.45, 7) is 4.58. The third-order valence-electron chi connectivity index (χ3n) is 3.79. The molecular formula is C17H18F3N. The van der Waals surface area contributed by atoms with Gasteiger partial charge in [0.05, 0.1) is 0 Å². The van der Waals surface area contributed by atoms with E-state index in [4.69, 9.17) is 5.73 Å². The van der Waals surface area contributed by atoms with Gasteiger partial charge in [0.2, 0.25) is 0 Å². The third kappa shape index (κ3) is 3.45. The van der Waals surface area contributed by atoms with E-state index in [0.29, 0.717) is 5.56 Å². The van der Waals surface area contributed by atoms with Gasteiger partial charge in [0, 0.05) is 11.1 Å². The fourth-order valence-corrected chi connectivity index (χ4v) is 2.16. The second kappa shape index (κ2) is 5.53. The maximum absolute atomic E-state index is 13.0. The molecule has 0 unspecified atom stereocenters. The molecule has 1 aliphatic rings. The first-order chi connectivity index (χ1) is 9.78. The van der Waals surface area contributed by atoms with Gasteiger partial charge >= 0.3 is 6.18 Å². The predicted octanol–water partition coefficient (Wildman–Crippen LogP) is 4.71. The fourth-order valence-electron chi connectivity index (χ4n) is 2.16. The molecule has 0 spiro atoms. The molecule has 0 bridgehead atoms. The van der Waals surface area contributed by atoms with E-state index in [1.54, 1.807) is 12.1 Å². The maximum Gasteiger partial charge on any atom is 0.413 e. The largest absolute Gasteiger partial charge is 0.413 e. The summed E-state index contributed by atoms with van der Waals surface area (Å²) in [6, 6.07) is 7.02. The maximum atomic E-state index is 13.0. The molecule has 0 amide bonds. The first-order valence-electron chi connectivity index (χ1n) is 6.75. The van der Waals surface area contributed by atoms with Gasteiger partial charge < -0.3 is 5.73 Å². The Labute approximate surface area is 122 Å². The van der Waals surface area contributed by atoms with Gasteiger partial charge in [0.15, 0.2) is 0 Å². The molecule has 21 heavy (non-hydrogen) atoms. The highest BCUT2D eigenvalue weighted by Crippen LogP contribution is 2.43. The SMILES string of the molecule is C=C/C=C\C(=C(/C)C(F)(F)F)c1ccc(C2(N)CC2)cc1. The monoisotopic (exact) mass is 293 g/mol. The summed E-state index contributed by atoms with van der Waals surface area (Å²) in [4.78, 5) is 0. The molecule has 1 aliphatic carbocycles. The van der Waals surface area contributed by atoms with Gasteiger partial charge in [-0.25, -0.2) is 0 Å². The van der Waals surface area contributed by atoms with E-state index in [1.807, 2.05) is 12.1 Å². The first-order valence-corrected chi connectivity index (χ1v) is 6.75. The molecule has 2 N–H and O–H groups in total. The molecule has 1 saturated carbocycles. The Bertz CT molecular complexity index is 587. The van der Waals surface area contributed by atoms with E-state index in [0.717, 1.165) is 25.3 Å². The normalized spacial score (nSPS) is 18.5. The Morgan fingerprint density at radius 2 is 1.81 bits per heavy atom. The smallest absolute Gasteiger partial charge is 0.321 e. The minimum Gasteiger partial charge on any atom is -0.321 e. The Morgan fingerprint density at radius 1 is 1.24 bits per heavy atom. The number of nitrogens with two attached hydrogens (primary N) is 1. The average molecular weight is 293 g/mol. The van der Waals surface area contributed by atoms with Crippen molar-refractivity contribution in [3.05, 3.63) is 65.8 Å². The van der Waals surface area contributed by atoms with Crippen molar-refractivity contribution in [3.63, 3.8) is 0 Å². The quantitative estimate of drug-likeness (QED) is 0.799. The van der Waals surface area contributed by atoms with Gasteiger partial charge in [-0.15, -0.1) is 0 Å². The summed E-state index contributed by atoms with van der Waals surface area (Å²) < 4.78 is 38.9. The molecule has 112 valence electrons. The lowest BCUT2D eigenvalue weighted by Gasteiger charge is -2.14. The van der Waals surface area contributed by atoms with Crippen molar-refractivity contribution < 1.29 is 13.2 Å². The van der Waals surface area contributed by atoms with Crippen LogP contribution in [0.4, 0.5) is 13.2 Å². The molecule has 1 aromatic rings. The van der Waals surface area contributed by atoms with Crippen LogP contribution in [-0.2, 0) is 5.54 Å². The average Bonchev–Trinajstić information content (AvgIpc) is 3.18. The van der Waals surface area contributed by atoms with Crippen LogP contribution in [0.3, 0.4) is 0 Å². The van der Waals surface area contributed by atoms with E-state index in [1.165, 1.54) is 18.2 Å². The van der Waals surface area contributed by atoms with Crippen molar-refractivity contribution in [2.45, 2.75) is 31.5 Å². The zero-order valence-electron chi connectivity index (χ0n) is 11.9. The molecule has 0 saturated heterocycles. The lowest BCUT2D eigenvalue weighted by atomic mass is 9.96. The van der Waals surface area contributed by atoms with Gasteiger partial charge in [-0.1, -0.05) is 49.1 Å². The number of allylic oxidation sites excluding steroid dienone is 5. The highest BCUT2D eigenvalue weighted by atomic mass is 19.4. The fraction of sp³-hybridized carbons (Fsp3) is 0.294. The number of rotatable bonds is 4. The second-order valence-corrected chi connectivity index (χ2v) is 5.36. The second-order valence-electron chi connectivity index (χ2n) is 5.36.